The van der Waals surface area contributed by atoms with Crippen LogP contribution in [0.25, 0.3) is 0 Å². The maximum atomic E-state index is 9.39. The number of carboxylic acids is 1. The average Bonchev–Trinajstić information content (AvgIpc) is 1.61. The third kappa shape index (κ3) is 24.5. The van der Waals surface area contributed by atoms with E-state index < -0.39 is 19.9 Å². The summed E-state index contributed by atoms with van der Waals surface area (Å²) in [6.45, 7) is -0.933. The van der Waals surface area contributed by atoms with E-state index in [1.165, 1.54) is 0 Å². The van der Waals surface area contributed by atoms with Crippen molar-refractivity contribution in [2.75, 3.05) is 6.61 Å². The summed E-state index contributed by atoms with van der Waals surface area (Å²) in [4.78, 5) is 9.39. The summed E-state index contributed by atoms with van der Waals surface area (Å²) in [5.41, 5.74) is 0. The van der Waals surface area contributed by atoms with Gasteiger partial charge in [-0.15, -0.1) is 0 Å². The largest absolute Gasteiger partial charge is 1.00 e. The van der Waals surface area contributed by atoms with Crippen LogP contribution in [0, 0.1) is 0 Å². The van der Waals surface area contributed by atoms with Crippen molar-refractivity contribution in [1.82, 2.24) is 0 Å². The minimum atomic E-state index is -2.53. The zero-order chi connectivity index (χ0) is 6.57. The molecule has 0 rings (SSSR count). The van der Waals surface area contributed by atoms with Gasteiger partial charge < -0.3 is 24.6 Å². The summed E-state index contributed by atoms with van der Waals surface area (Å²) in [5, 5.41) is 28.1. The average molecular weight is 186 g/mol. The Balaban J connectivity index is -0.0000000817. The van der Waals surface area contributed by atoms with E-state index in [2.05, 4.69) is 4.65 Å². The molecule has 0 atom stereocenters. The molecule has 0 spiro atoms. The van der Waals surface area contributed by atoms with Crippen LogP contribution in [0.15, 0.2) is 0 Å². The molecular weight excluding hydrogens is 184 g/mol. The van der Waals surface area contributed by atoms with Gasteiger partial charge in [-0.25, -0.2) is 0 Å². The number of carbonyl (C=O) groups excluding carboxylic acids is 1. The van der Waals surface area contributed by atoms with Crippen molar-refractivity contribution >= 4 is 13.3 Å². The molecule has 0 radical (unpaired) electrons. The number of carboxylic acid groups (broad SMARTS) is 1. The molecule has 0 aliphatic rings. The van der Waals surface area contributed by atoms with E-state index in [4.69, 9.17) is 0 Å². The number of aliphatic carboxylic acids is 1. The van der Waals surface area contributed by atoms with E-state index >= 15 is 0 Å². The summed E-state index contributed by atoms with van der Waals surface area (Å²) in [7, 11) is -2.53. The van der Waals surface area contributed by atoms with Crippen molar-refractivity contribution in [3.63, 3.8) is 0 Å². The van der Waals surface area contributed by atoms with Crippen LogP contribution in [-0.4, -0.2) is 19.9 Å². The van der Waals surface area contributed by atoms with Gasteiger partial charge in [-0.2, -0.15) is 0 Å². The van der Waals surface area contributed by atoms with Crippen LogP contribution in [-0.2, 0) is 9.45 Å². The van der Waals surface area contributed by atoms with Crippen molar-refractivity contribution < 1.29 is 113 Å². The summed E-state index contributed by atoms with van der Waals surface area (Å²) in [5.74, 6) is -1.57. The number of rotatable bonds is 3. The van der Waals surface area contributed by atoms with Crippen LogP contribution in [0.1, 0.15) is 0 Å². The molecule has 0 aromatic carbocycles. The first-order valence-corrected chi connectivity index (χ1v) is 1.76. The van der Waals surface area contributed by atoms with Crippen molar-refractivity contribution in [2.45, 2.75) is 0 Å². The summed E-state index contributed by atoms with van der Waals surface area (Å²) in [6, 6.07) is 0. The first-order chi connectivity index (χ1) is 3.63. The molecule has 0 saturated carbocycles. The second-order valence-electron chi connectivity index (χ2n) is 0.972. The molecule has 0 amide bonds. The number of carbonyl (C=O) groups is 1. The smallest absolute Gasteiger partial charge is 0.871 e. The molecule has 0 saturated heterocycles. The first kappa shape index (κ1) is 23.3. The van der Waals surface area contributed by atoms with Crippen LogP contribution >= 0.6 is 0 Å². The van der Waals surface area contributed by atoms with Crippen LogP contribution in [0.4, 0.5) is 0 Å². The van der Waals surface area contributed by atoms with Crippen molar-refractivity contribution in [3.05, 3.63) is 0 Å². The van der Waals surface area contributed by atoms with E-state index in [-0.39, 0.29) is 88.7 Å². The van der Waals surface area contributed by atoms with Gasteiger partial charge in [-0.1, -0.05) is 0 Å². The Labute approximate surface area is 131 Å². The molecule has 11 heavy (non-hydrogen) atoms. The molecule has 0 fully saturated rings. The van der Waals surface area contributed by atoms with E-state index in [9.17, 15) is 19.9 Å². The van der Waals surface area contributed by atoms with Gasteiger partial charge in [0.2, 0.25) is 0 Å². The van der Waals surface area contributed by atoms with Gasteiger partial charge >= 0.3 is 88.7 Å². The standard InChI is InChI=1S/C2H3BO5.3Na/c4-2(5)1-8-3(6)7;;;/h1H2,(H,4,5);;;/q-2;3*+1/p-1. The maximum Gasteiger partial charge on any atom is 1.00 e. The molecule has 46 valence electrons. The van der Waals surface area contributed by atoms with E-state index in [0.717, 1.165) is 0 Å². The minimum absolute atomic E-state index is 0. The molecule has 0 bridgehead atoms. The Kier molecular flexibility index (Phi) is 31.6. The summed E-state index contributed by atoms with van der Waals surface area (Å²) >= 11 is 0. The monoisotopic (exact) mass is 186 g/mol. The molecule has 0 unspecified atom stereocenters. The molecule has 0 aliphatic carbocycles. The van der Waals surface area contributed by atoms with Gasteiger partial charge in [0.25, 0.3) is 0 Å². The Morgan fingerprint density at radius 2 is 1.64 bits per heavy atom. The molecule has 0 N–H and O–H groups in total. The normalized spacial score (nSPS) is 6.36. The van der Waals surface area contributed by atoms with Gasteiger partial charge in [0.05, 0.1) is 19.9 Å². The molecule has 0 aliphatic heterocycles. The fraction of sp³-hybridized carbons (Fsp3) is 0.500. The second kappa shape index (κ2) is 14.9. The molecule has 5 nitrogen and oxygen atoms in total. The van der Waals surface area contributed by atoms with Crippen LogP contribution < -0.4 is 104 Å². The van der Waals surface area contributed by atoms with Crippen molar-refractivity contribution in [1.29, 1.82) is 0 Å². The Morgan fingerprint density at radius 1 is 1.27 bits per heavy atom. The third-order valence-corrected chi connectivity index (χ3v) is 0.337. The van der Waals surface area contributed by atoms with E-state index in [0.29, 0.717) is 0 Å². The SMILES string of the molecule is O=C([O-])COB([O-])[O-].[Na+].[Na+].[Na+]. The zero-order valence-electron chi connectivity index (χ0n) is 6.83. The topological polar surface area (TPSA) is 95.5 Å². The fourth-order valence-electron chi connectivity index (χ4n) is 0.136. The minimum Gasteiger partial charge on any atom is -0.871 e. The molecule has 0 aromatic rings. The maximum absolute atomic E-state index is 9.39. The zero-order valence-corrected chi connectivity index (χ0v) is 12.8. The summed E-state index contributed by atoms with van der Waals surface area (Å²) < 4.78 is 3.53. The fourth-order valence-corrected chi connectivity index (χ4v) is 0.136. The van der Waals surface area contributed by atoms with Gasteiger partial charge in [-0.05, 0) is 0 Å². The van der Waals surface area contributed by atoms with Gasteiger partial charge in [-0.3, -0.25) is 0 Å². The van der Waals surface area contributed by atoms with E-state index in [1.807, 2.05) is 0 Å². The van der Waals surface area contributed by atoms with Gasteiger partial charge in [0.1, 0.15) is 0 Å². The molecule has 0 heterocycles. The molecular formula is C2H2BNa3O5. The van der Waals surface area contributed by atoms with Crippen LogP contribution in [0.5, 0.6) is 0 Å². The van der Waals surface area contributed by atoms with Crippen molar-refractivity contribution in [3.8, 4) is 0 Å². The van der Waals surface area contributed by atoms with Gasteiger partial charge in [0.15, 0.2) is 0 Å². The Morgan fingerprint density at radius 3 is 1.73 bits per heavy atom. The predicted octanol–water partition coefficient (Wildman–Crippen LogP) is -13.5. The second-order valence-corrected chi connectivity index (χ2v) is 0.972. The van der Waals surface area contributed by atoms with Crippen molar-refractivity contribution in [2.24, 2.45) is 0 Å². The van der Waals surface area contributed by atoms with Crippen LogP contribution in [0.3, 0.4) is 0 Å². The Hall–Kier alpha value is 2.41. The summed E-state index contributed by atoms with van der Waals surface area (Å²) in [6.07, 6.45) is 0. The number of hydrogen-bond acceptors (Lipinski definition) is 5. The van der Waals surface area contributed by atoms with Gasteiger partial charge in [0, 0.05) is 0 Å². The molecule has 0 aromatic heterocycles. The third-order valence-electron chi connectivity index (χ3n) is 0.337. The van der Waals surface area contributed by atoms with Crippen LogP contribution in [0.2, 0.25) is 0 Å². The van der Waals surface area contributed by atoms with E-state index in [1.54, 1.807) is 0 Å². The predicted molar refractivity (Wildman–Crippen MR) is 16.7 cm³/mol. The number of hydrogen-bond donors (Lipinski definition) is 0. The Bertz CT molecular complexity index is 89.8. The molecule has 9 heteroatoms. The quantitative estimate of drug-likeness (QED) is 0.407. The first-order valence-electron chi connectivity index (χ1n) is 1.76.